The van der Waals surface area contributed by atoms with Gasteiger partial charge >= 0.3 is 5.97 Å². The van der Waals surface area contributed by atoms with Gasteiger partial charge in [0, 0.05) is 13.0 Å². The van der Waals surface area contributed by atoms with Gasteiger partial charge in [0.05, 0.1) is 34.4 Å². The predicted molar refractivity (Wildman–Crippen MR) is 305 cm³/mol. The maximum atomic E-state index is 12.8. The Bertz CT molecular complexity index is 1280. The highest BCUT2D eigenvalue weighted by Gasteiger charge is 2.20. The van der Waals surface area contributed by atoms with Crippen molar-refractivity contribution in [1.29, 1.82) is 0 Å². The number of phosphoric acid groups is 1. The number of hydrogen-bond acceptors (Lipinski definition) is 7. The maximum absolute atomic E-state index is 12.8. The van der Waals surface area contributed by atoms with Gasteiger partial charge in [-0.05, 0) is 77.0 Å². The van der Waals surface area contributed by atoms with Crippen molar-refractivity contribution >= 4 is 13.8 Å². The molecule has 0 aromatic heterocycles. The van der Waals surface area contributed by atoms with E-state index in [1.165, 1.54) is 218 Å². The fourth-order valence-corrected chi connectivity index (χ4v) is 9.40. The van der Waals surface area contributed by atoms with E-state index >= 15 is 0 Å². The second kappa shape index (κ2) is 54.7. The normalized spacial score (nSPS) is 13.7. The molecule has 71 heavy (non-hydrogen) atoms. The summed E-state index contributed by atoms with van der Waals surface area (Å²) < 4.78 is 34.9. The summed E-state index contributed by atoms with van der Waals surface area (Å²) in [5.74, 6) is -0.332. The van der Waals surface area contributed by atoms with Crippen LogP contribution in [0.2, 0.25) is 0 Å². The molecule has 0 radical (unpaired) electrons. The van der Waals surface area contributed by atoms with E-state index in [9.17, 15) is 14.3 Å². The number of esters is 1. The zero-order valence-corrected chi connectivity index (χ0v) is 48.6. The third kappa shape index (κ3) is 59.2. The lowest BCUT2D eigenvalue weighted by atomic mass is 10.0. The molecular weight excluding hydrogens is 902 g/mol. The number of carbonyl (C=O) groups excluding carboxylic acids is 1. The Kier molecular flexibility index (Phi) is 53.5. The highest BCUT2D eigenvalue weighted by molar-refractivity contribution is 7.45. The average molecular weight is 1020 g/mol. The van der Waals surface area contributed by atoms with E-state index in [0.29, 0.717) is 24.1 Å². The first kappa shape index (κ1) is 69.5. The molecule has 0 heterocycles. The first-order valence-corrected chi connectivity index (χ1v) is 31.8. The summed E-state index contributed by atoms with van der Waals surface area (Å²) >= 11 is 0. The Morgan fingerprint density at radius 3 is 1.17 bits per heavy atom. The van der Waals surface area contributed by atoms with Gasteiger partial charge in [0.25, 0.3) is 7.82 Å². The highest BCUT2D eigenvalue weighted by atomic mass is 31.2. The molecule has 0 aliphatic rings. The number of rotatable bonds is 57. The molecule has 2 unspecified atom stereocenters. The van der Waals surface area contributed by atoms with E-state index in [1.807, 2.05) is 21.1 Å². The number of phosphoric ester groups is 1. The lowest BCUT2D eigenvalue weighted by molar-refractivity contribution is -0.870. The molecule has 0 amide bonds. The smallest absolute Gasteiger partial charge is 0.306 e. The summed E-state index contributed by atoms with van der Waals surface area (Å²) in [5.41, 5.74) is 0. The van der Waals surface area contributed by atoms with E-state index in [0.717, 1.165) is 44.9 Å². The standard InChI is InChI=1S/C62H118NO7P/c1-6-8-10-12-14-16-18-20-22-24-26-28-30-31-32-34-36-38-40-42-44-46-48-50-52-54-57-67-59-61(60-69-71(65,66)68-58-56-63(3,4)5)70-62(64)55-53-51-49-47-45-43-41-39-37-35-33-29-27-25-23-21-19-17-15-13-11-9-7-2/h18,20,24-27,30-31,61H,6-17,19,21-23,28-29,32-60H2,1-5H3/b20-18-,26-24-,27-25-,31-30-. The summed E-state index contributed by atoms with van der Waals surface area (Å²) in [7, 11) is 1.36. The highest BCUT2D eigenvalue weighted by Crippen LogP contribution is 2.38. The molecule has 0 aliphatic heterocycles. The summed E-state index contributed by atoms with van der Waals surface area (Å²) in [6.45, 7) is 5.44. The van der Waals surface area contributed by atoms with E-state index in [2.05, 4.69) is 62.5 Å². The van der Waals surface area contributed by atoms with E-state index in [1.54, 1.807) is 0 Å². The van der Waals surface area contributed by atoms with Crippen molar-refractivity contribution in [3.8, 4) is 0 Å². The van der Waals surface area contributed by atoms with E-state index in [4.69, 9.17) is 18.5 Å². The van der Waals surface area contributed by atoms with Crippen LogP contribution in [-0.2, 0) is 27.9 Å². The van der Waals surface area contributed by atoms with Gasteiger partial charge in [-0.1, -0.05) is 249 Å². The van der Waals surface area contributed by atoms with Crippen LogP contribution >= 0.6 is 7.82 Å². The van der Waals surface area contributed by atoms with Crippen molar-refractivity contribution < 1.29 is 37.3 Å². The van der Waals surface area contributed by atoms with Crippen LogP contribution in [0.25, 0.3) is 0 Å². The van der Waals surface area contributed by atoms with Crippen LogP contribution in [-0.4, -0.2) is 70.7 Å². The van der Waals surface area contributed by atoms with Gasteiger partial charge in [-0.15, -0.1) is 0 Å². The van der Waals surface area contributed by atoms with E-state index < -0.39 is 13.9 Å². The third-order valence-corrected chi connectivity index (χ3v) is 14.3. The lowest BCUT2D eigenvalue weighted by Crippen LogP contribution is -2.37. The minimum absolute atomic E-state index is 0.0254. The van der Waals surface area contributed by atoms with Crippen molar-refractivity contribution in [3.05, 3.63) is 48.6 Å². The lowest BCUT2D eigenvalue weighted by Gasteiger charge is -2.28. The Hall–Kier alpha value is -1.54. The van der Waals surface area contributed by atoms with Crippen molar-refractivity contribution in [3.63, 3.8) is 0 Å². The monoisotopic (exact) mass is 1020 g/mol. The summed E-state index contributed by atoms with van der Waals surface area (Å²) in [4.78, 5) is 25.3. The average Bonchev–Trinajstić information content (AvgIpc) is 3.33. The van der Waals surface area contributed by atoms with Crippen LogP contribution in [0.5, 0.6) is 0 Å². The SMILES string of the molecule is CCCCCCC/C=C\C/C=C\C/C=C\CCCCCCCCCCCCCOCC(COP(=O)([O-])OCC[N+](C)(C)C)OC(=O)CCCCCCCCCCCCC/C=C\CCCCCCCCCC. The quantitative estimate of drug-likeness (QED) is 0.0197. The van der Waals surface area contributed by atoms with Crippen molar-refractivity contribution in [2.24, 2.45) is 0 Å². The Morgan fingerprint density at radius 1 is 0.437 bits per heavy atom. The van der Waals surface area contributed by atoms with Gasteiger partial charge in [-0.2, -0.15) is 0 Å². The van der Waals surface area contributed by atoms with Crippen LogP contribution in [0, 0.1) is 0 Å². The Labute approximate surface area is 441 Å². The molecule has 0 saturated heterocycles. The number of quaternary nitrogens is 1. The predicted octanol–water partition coefficient (Wildman–Crippen LogP) is 18.8. The number of nitrogens with zero attached hydrogens (tertiary/aromatic N) is 1. The molecule has 0 bridgehead atoms. The zero-order chi connectivity index (χ0) is 51.9. The molecule has 9 heteroatoms. The molecule has 0 spiro atoms. The molecule has 0 aliphatic carbocycles. The molecule has 8 nitrogen and oxygen atoms in total. The number of unbranched alkanes of at least 4 members (excludes halogenated alkanes) is 35. The molecule has 0 N–H and O–H groups in total. The van der Waals surface area contributed by atoms with Crippen LogP contribution in [0.4, 0.5) is 0 Å². The molecule has 0 fully saturated rings. The van der Waals surface area contributed by atoms with Crippen LogP contribution in [0.15, 0.2) is 48.6 Å². The summed E-state index contributed by atoms with van der Waals surface area (Å²) in [6.07, 6.45) is 70.1. The first-order chi connectivity index (χ1) is 34.6. The van der Waals surface area contributed by atoms with Gasteiger partial charge < -0.3 is 27.9 Å². The fourth-order valence-electron chi connectivity index (χ4n) is 8.67. The number of allylic oxidation sites excluding steroid dienone is 8. The van der Waals surface area contributed by atoms with Crippen LogP contribution in [0.1, 0.15) is 284 Å². The fraction of sp³-hybridized carbons (Fsp3) is 0.855. The largest absolute Gasteiger partial charge is 0.756 e. The van der Waals surface area contributed by atoms with Gasteiger partial charge in [-0.3, -0.25) is 9.36 Å². The number of carbonyl (C=O) groups is 1. The molecule has 418 valence electrons. The first-order valence-electron chi connectivity index (χ1n) is 30.4. The second-order valence-corrected chi connectivity index (χ2v) is 23.1. The van der Waals surface area contributed by atoms with Crippen molar-refractivity contribution in [2.45, 2.75) is 290 Å². The van der Waals surface area contributed by atoms with Crippen molar-refractivity contribution in [2.75, 3.05) is 54.1 Å². The number of hydrogen-bond donors (Lipinski definition) is 0. The zero-order valence-electron chi connectivity index (χ0n) is 47.7. The Balaban J connectivity index is 4.05. The van der Waals surface area contributed by atoms with Crippen LogP contribution < -0.4 is 4.89 Å². The molecule has 0 aromatic rings. The molecule has 2 atom stereocenters. The molecule has 0 rings (SSSR count). The van der Waals surface area contributed by atoms with Crippen LogP contribution in [0.3, 0.4) is 0 Å². The van der Waals surface area contributed by atoms with Gasteiger partial charge in [0.2, 0.25) is 0 Å². The minimum Gasteiger partial charge on any atom is -0.756 e. The molecular formula is C62H118NO7P. The Morgan fingerprint density at radius 2 is 0.775 bits per heavy atom. The van der Waals surface area contributed by atoms with Gasteiger partial charge in [-0.25, -0.2) is 0 Å². The number of likely N-dealkylation sites (N-methyl/N-ethyl adjacent to an activating group) is 1. The van der Waals surface area contributed by atoms with Crippen molar-refractivity contribution in [1.82, 2.24) is 0 Å². The maximum Gasteiger partial charge on any atom is 0.306 e. The molecule has 0 saturated carbocycles. The van der Waals surface area contributed by atoms with Gasteiger partial charge in [0.15, 0.2) is 0 Å². The number of ether oxygens (including phenoxy) is 2. The second-order valence-electron chi connectivity index (χ2n) is 21.7. The van der Waals surface area contributed by atoms with E-state index in [-0.39, 0.29) is 25.8 Å². The minimum atomic E-state index is -4.54. The third-order valence-electron chi connectivity index (χ3n) is 13.4. The van der Waals surface area contributed by atoms with Gasteiger partial charge in [0.1, 0.15) is 19.3 Å². The molecule has 0 aromatic carbocycles. The summed E-state index contributed by atoms with van der Waals surface area (Å²) in [5, 5.41) is 0. The summed E-state index contributed by atoms with van der Waals surface area (Å²) in [6, 6.07) is 0. The topological polar surface area (TPSA) is 94.1 Å².